The number of nitrogens with one attached hydrogen (secondary N) is 1. The van der Waals surface area contributed by atoms with E-state index in [1.807, 2.05) is 24.3 Å². The zero-order valence-electron chi connectivity index (χ0n) is 12.5. The van der Waals surface area contributed by atoms with E-state index in [9.17, 15) is 0 Å². The van der Waals surface area contributed by atoms with Gasteiger partial charge in [-0.2, -0.15) is 0 Å². The molecule has 0 aliphatic carbocycles. The van der Waals surface area contributed by atoms with Crippen LogP contribution in [0.25, 0.3) is 0 Å². The van der Waals surface area contributed by atoms with Gasteiger partial charge in [0.15, 0.2) is 0 Å². The summed E-state index contributed by atoms with van der Waals surface area (Å²) in [6.45, 7) is 3.22. The van der Waals surface area contributed by atoms with Gasteiger partial charge in [0, 0.05) is 25.6 Å². The van der Waals surface area contributed by atoms with Gasteiger partial charge in [-0.25, -0.2) is 4.98 Å². The highest BCUT2D eigenvalue weighted by atomic mass is 16.5. The third kappa shape index (κ3) is 5.47. The Morgan fingerprint density at radius 1 is 1.29 bits per heavy atom. The number of rotatable bonds is 9. The molecule has 0 fully saturated rings. The number of furan rings is 1. The summed E-state index contributed by atoms with van der Waals surface area (Å²) >= 11 is 0. The first kappa shape index (κ1) is 15.4. The van der Waals surface area contributed by atoms with Crippen LogP contribution in [0.4, 0.5) is 5.69 Å². The molecule has 0 aliphatic heterocycles. The largest absolute Gasteiger partial charge is 0.475 e. The van der Waals surface area contributed by atoms with E-state index in [0.29, 0.717) is 25.1 Å². The van der Waals surface area contributed by atoms with E-state index in [2.05, 4.69) is 17.2 Å². The molecule has 0 saturated heterocycles. The molecule has 0 spiro atoms. The van der Waals surface area contributed by atoms with Crippen LogP contribution >= 0.6 is 0 Å². The number of aromatic nitrogens is 1. The van der Waals surface area contributed by atoms with Crippen LogP contribution in [0.2, 0.25) is 0 Å². The van der Waals surface area contributed by atoms with Gasteiger partial charge in [0.05, 0.1) is 24.8 Å². The fraction of sp³-hybridized carbons (Fsp3) is 0.438. The number of aryl methyl sites for hydroxylation is 1. The van der Waals surface area contributed by atoms with E-state index in [0.717, 1.165) is 24.3 Å². The third-order valence-electron chi connectivity index (χ3n) is 3.09. The molecule has 1 atom stereocenters. The first-order chi connectivity index (χ1) is 10.3. The van der Waals surface area contributed by atoms with Crippen LogP contribution in [0.5, 0.6) is 5.88 Å². The average molecular weight is 290 g/mol. The second-order valence-electron chi connectivity index (χ2n) is 4.89. The second kappa shape index (κ2) is 8.32. The molecule has 0 bridgehead atoms. The minimum absolute atomic E-state index is 0.345. The van der Waals surface area contributed by atoms with Gasteiger partial charge >= 0.3 is 0 Å². The Kier molecular flexibility index (Phi) is 6.09. The Morgan fingerprint density at radius 3 is 2.86 bits per heavy atom. The molecule has 2 aromatic rings. The standard InChI is InChI=1S/C16H22N2O3/c1-13(5-7-15-4-3-9-20-15)18-14-6-8-16(17-12-14)21-11-10-19-2/h3-4,6,8-9,12-13,18H,5,7,10-11H2,1-2H3. The third-order valence-corrected chi connectivity index (χ3v) is 3.09. The Balaban J connectivity index is 1.74. The summed E-state index contributed by atoms with van der Waals surface area (Å²) < 4.78 is 15.7. The Morgan fingerprint density at radius 2 is 2.19 bits per heavy atom. The van der Waals surface area contributed by atoms with E-state index in [-0.39, 0.29) is 0 Å². The lowest BCUT2D eigenvalue weighted by atomic mass is 10.1. The Labute approximate surface area is 125 Å². The van der Waals surface area contributed by atoms with Crippen LogP contribution in [0.3, 0.4) is 0 Å². The molecule has 5 heteroatoms. The maximum atomic E-state index is 5.43. The lowest BCUT2D eigenvalue weighted by Crippen LogP contribution is -2.16. The van der Waals surface area contributed by atoms with Crippen molar-refractivity contribution in [3.05, 3.63) is 42.5 Å². The molecule has 0 saturated carbocycles. The van der Waals surface area contributed by atoms with Gasteiger partial charge < -0.3 is 19.2 Å². The Bertz CT molecular complexity index is 497. The van der Waals surface area contributed by atoms with E-state index in [1.54, 1.807) is 19.6 Å². The summed E-state index contributed by atoms with van der Waals surface area (Å²) in [5, 5.41) is 3.41. The van der Waals surface area contributed by atoms with Crippen LogP contribution in [0.15, 0.2) is 41.1 Å². The predicted octanol–water partition coefficient (Wildman–Crippen LogP) is 3.13. The van der Waals surface area contributed by atoms with Crippen LogP contribution in [-0.4, -0.2) is 31.3 Å². The van der Waals surface area contributed by atoms with Crippen LogP contribution < -0.4 is 10.1 Å². The first-order valence-electron chi connectivity index (χ1n) is 7.14. The minimum atomic E-state index is 0.345. The highest BCUT2D eigenvalue weighted by Gasteiger charge is 2.05. The molecule has 0 aliphatic rings. The molecular formula is C16H22N2O3. The number of pyridine rings is 1. The summed E-state index contributed by atoms with van der Waals surface area (Å²) in [5.41, 5.74) is 0.987. The highest BCUT2D eigenvalue weighted by Crippen LogP contribution is 2.14. The molecule has 2 aromatic heterocycles. The van der Waals surface area contributed by atoms with Gasteiger partial charge in [0.1, 0.15) is 12.4 Å². The maximum absolute atomic E-state index is 5.43. The maximum Gasteiger partial charge on any atom is 0.213 e. The lowest BCUT2D eigenvalue weighted by molar-refractivity contribution is 0.144. The molecule has 2 heterocycles. The summed E-state index contributed by atoms with van der Waals surface area (Å²) in [4.78, 5) is 4.25. The monoisotopic (exact) mass is 290 g/mol. The summed E-state index contributed by atoms with van der Waals surface area (Å²) in [5.74, 6) is 1.63. The van der Waals surface area contributed by atoms with Crippen molar-refractivity contribution in [2.75, 3.05) is 25.6 Å². The minimum Gasteiger partial charge on any atom is -0.475 e. The molecule has 1 unspecified atom stereocenters. The molecule has 0 aromatic carbocycles. The van der Waals surface area contributed by atoms with Gasteiger partial charge in [-0.15, -0.1) is 0 Å². The van der Waals surface area contributed by atoms with Crippen molar-refractivity contribution in [2.24, 2.45) is 0 Å². The quantitative estimate of drug-likeness (QED) is 0.719. The van der Waals surface area contributed by atoms with E-state index < -0.39 is 0 Å². The van der Waals surface area contributed by atoms with Crippen molar-refractivity contribution < 1.29 is 13.9 Å². The number of hydrogen-bond donors (Lipinski definition) is 1. The van der Waals surface area contributed by atoms with Crippen molar-refractivity contribution in [1.82, 2.24) is 4.98 Å². The lowest BCUT2D eigenvalue weighted by Gasteiger charge is -2.14. The van der Waals surface area contributed by atoms with Crippen molar-refractivity contribution in [2.45, 2.75) is 25.8 Å². The fourth-order valence-corrected chi connectivity index (χ4v) is 1.95. The zero-order valence-corrected chi connectivity index (χ0v) is 12.5. The fourth-order valence-electron chi connectivity index (χ4n) is 1.95. The van der Waals surface area contributed by atoms with Gasteiger partial charge in [-0.1, -0.05) is 0 Å². The number of hydrogen-bond acceptors (Lipinski definition) is 5. The molecule has 0 radical (unpaired) electrons. The summed E-state index contributed by atoms with van der Waals surface area (Å²) in [6, 6.07) is 8.09. The van der Waals surface area contributed by atoms with Crippen LogP contribution in [0, 0.1) is 0 Å². The Hall–Kier alpha value is -2.01. The van der Waals surface area contributed by atoms with Gasteiger partial charge in [-0.3, -0.25) is 0 Å². The van der Waals surface area contributed by atoms with Gasteiger partial charge in [-0.05, 0) is 31.5 Å². The average Bonchev–Trinajstić information content (AvgIpc) is 3.01. The van der Waals surface area contributed by atoms with Gasteiger partial charge in [0.2, 0.25) is 5.88 Å². The number of anilines is 1. The molecule has 21 heavy (non-hydrogen) atoms. The SMILES string of the molecule is COCCOc1ccc(NC(C)CCc2ccco2)cn1. The molecule has 5 nitrogen and oxygen atoms in total. The van der Waals surface area contributed by atoms with E-state index in [1.165, 1.54) is 0 Å². The van der Waals surface area contributed by atoms with Crippen LogP contribution in [-0.2, 0) is 11.2 Å². The first-order valence-corrected chi connectivity index (χ1v) is 7.14. The number of ether oxygens (including phenoxy) is 2. The molecule has 114 valence electrons. The molecule has 1 N–H and O–H groups in total. The second-order valence-corrected chi connectivity index (χ2v) is 4.89. The normalized spacial score (nSPS) is 12.1. The zero-order chi connectivity index (χ0) is 14.9. The number of methoxy groups -OCH3 is 1. The molecule has 0 amide bonds. The van der Waals surface area contributed by atoms with Crippen molar-refractivity contribution in [3.63, 3.8) is 0 Å². The van der Waals surface area contributed by atoms with Gasteiger partial charge in [0.25, 0.3) is 0 Å². The smallest absolute Gasteiger partial charge is 0.213 e. The number of nitrogens with zero attached hydrogens (tertiary/aromatic N) is 1. The summed E-state index contributed by atoms with van der Waals surface area (Å²) in [7, 11) is 1.65. The summed E-state index contributed by atoms with van der Waals surface area (Å²) in [6.07, 6.45) is 5.41. The van der Waals surface area contributed by atoms with Crippen molar-refractivity contribution in [1.29, 1.82) is 0 Å². The highest BCUT2D eigenvalue weighted by molar-refractivity contribution is 5.42. The molecular weight excluding hydrogens is 268 g/mol. The van der Waals surface area contributed by atoms with E-state index >= 15 is 0 Å². The van der Waals surface area contributed by atoms with Crippen molar-refractivity contribution in [3.8, 4) is 5.88 Å². The topological polar surface area (TPSA) is 56.5 Å². The van der Waals surface area contributed by atoms with E-state index in [4.69, 9.17) is 13.9 Å². The predicted molar refractivity (Wildman–Crippen MR) is 81.7 cm³/mol. The van der Waals surface area contributed by atoms with Crippen molar-refractivity contribution >= 4 is 5.69 Å². The van der Waals surface area contributed by atoms with Crippen LogP contribution in [0.1, 0.15) is 19.1 Å². The molecule has 2 rings (SSSR count).